The fraction of sp³-hybridized carbons (Fsp3) is 0.300. The Morgan fingerprint density at radius 1 is 1.35 bits per heavy atom. The van der Waals surface area contributed by atoms with Crippen LogP contribution in [0.2, 0.25) is 0 Å². The molecule has 0 aromatic heterocycles. The summed E-state index contributed by atoms with van der Waals surface area (Å²) in [6.45, 7) is 0. The van der Waals surface area contributed by atoms with Gasteiger partial charge >= 0.3 is 5.97 Å². The maximum atomic E-state index is 13.6. The first-order valence-electron chi connectivity index (χ1n) is 4.95. The van der Waals surface area contributed by atoms with Crippen molar-refractivity contribution in [3.8, 4) is 0 Å². The van der Waals surface area contributed by atoms with Crippen LogP contribution < -0.4 is 16.6 Å². The van der Waals surface area contributed by atoms with Crippen molar-refractivity contribution in [2.24, 2.45) is 5.73 Å². The molecule has 5 nitrogen and oxygen atoms in total. The van der Waals surface area contributed by atoms with E-state index in [0.717, 1.165) is 18.2 Å². The Bertz CT molecular complexity index is 455. The van der Waals surface area contributed by atoms with Gasteiger partial charge in [-0.15, -0.1) is 0 Å². The van der Waals surface area contributed by atoms with Crippen LogP contribution in [0.5, 0.6) is 0 Å². The molecule has 0 bridgehead atoms. The number of hydrogen-bond donors (Lipinski definition) is 4. The van der Waals surface area contributed by atoms with Crippen molar-refractivity contribution < 1.29 is 18.7 Å². The molecule has 0 spiro atoms. The minimum Gasteiger partial charge on any atom is -0.480 e. The molecule has 3 atom stereocenters. The number of nitrogens with two attached hydrogens (primary N) is 1. The topological polar surface area (TPSA) is 87.4 Å². The van der Waals surface area contributed by atoms with Crippen molar-refractivity contribution in [1.29, 1.82) is 0 Å². The SMILES string of the molecule is NC1NNC(C(=O)O)C1c1cc(F)ccc1F. The Morgan fingerprint density at radius 2 is 2.06 bits per heavy atom. The number of rotatable bonds is 2. The summed E-state index contributed by atoms with van der Waals surface area (Å²) in [6, 6.07) is 1.79. The van der Waals surface area contributed by atoms with Gasteiger partial charge in [0.05, 0.1) is 6.17 Å². The van der Waals surface area contributed by atoms with Gasteiger partial charge in [0.2, 0.25) is 0 Å². The van der Waals surface area contributed by atoms with Gasteiger partial charge in [-0.3, -0.25) is 4.79 Å². The first kappa shape index (κ1) is 11.9. The molecule has 1 heterocycles. The Kier molecular flexibility index (Phi) is 3.05. The molecule has 7 heteroatoms. The van der Waals surface area contributed by atoms with E-state index in [1.54, 1.807) is 0 Å². The van der Waals surface area contributed by atoms with Crippen molar-refractivity contribution >= 4 is 5.97 Å². The molecule has 1 aromatic carbocycles. The van der Waals surface area contributed by atoms with E-state index >= 15 is 0 Å². The van der Waals surface area contributed by atoms with Crippen LogP contribution in [0.4, 0.5) is 8.78 Å². The molecule has 5 N–H and O–H groups in total. The highest BCUT2D eigenvalue weighted by Gasteiger charge is 2.40. The van der Waals surface area contributed by atoms with Crippen molar-refractivity contribution in [2.45, 2.75) is 18.1 Å². The molecule has 1 aliphatic rings. The summed E-state index contributed by atoms with van der Waals surface area (Å²) in [6.07, 6.45) is -0.799. The number of hydrogen-bond acceptors (Lipinski definition) is 4. The highest BCUT2D eigenvalue weighted by molar-refractivity contribution is 5.75. The van der Waals surface area contributed by atoms with E-state index in [1.165, 1.54) is 0 Å². The lowest BCUT2D eigenvalue weighted by Gasteiger charge is -2.18. The van der Waals surface area contributed by atoms with Crippen LogP contribution in [0, 0.1) is 11.6 Å². The van der Waals surface area contributed by atoms with Gasteiger partial charge in [0.25, 0.3) is 0 Å². The second-order valence-corrected chi connectivity index (χ2v) is 3.82. The van der Waals surface area contributed by atoms with Gasteiger partial charge in [0, 0.05) is 5.92 Å². The van der Waals surface area contributed by atoms with Gasteiger partial charge in [0.1, 0.15) is 17.7 Å². The molecular formula is C10H11F2N3O2. The van der Waals surface area contributed by atoms with Crippen LogP contribution in [-0.2, 0) is 4.79 Å². The van der Waals surface area contributed by atoms with Crippen molar-refractivity contribution in [3.63, 3.8) is 0 Å². The van der Waals surface area contributed by atoms with E-state index in [0.29, 0.717) is 0 Å². The minimum absolute atomic E-state index is 0.0533. The van der Waals surface area contributed by atoms with Crippen molar-refractivity contribution in [3.05, 3.63) is 35.4 Å². The van der Waals surface area contributed by atoms with E-state index in [9.17, 15) is 13.6 Å². The molecule has 0 amide bonds. The Hall–Kier alpha value is -1.57. The Labute approximate surface area is 95.6 Å². The number of carbonyl (C=O) groups is 1. The predicted octanol–water partition coefficient (Wildman–Crippen LogP) is -0.106. The number of aliphatic carboxylic acids is 1. The van der Waals surface area contributed by atoms with E-state index in [-0.39, 0.29) is 5.56 Å². The summed E-state index contributed by atoms with van der Waals surface area (Å²) in [5, 5.41) is 8.95. The van der Waals surface area contributed by atoms with E-state index in [2.05, 4.69) is 10.9 Å². The Morgan fingerprint density at radius 3 is 2.71 bits per heavy atom. The van der Waals surface area contributed by atoms with Crippen molar-refractivity contribution in [1.82, 2.24) is 10.9 Å². The van der Waals surface area contributed by atoms with Gasteiger partial charge in [-0.1, -0.05) is 0 Å². The lowest BCUT2D eigenvalue weighted by Crippen LogP contribution is -2.39. The lowest BCUT2D eigenvalue weighted by atomic mass is 9.90. The fourth-order valence-corrected chi connectivity index (χ4v) is 1.93. The Balaban J connectivity index is 2.42. The van der Waals surface area contributed by atoms with Crippen LogP contribution in [0.25, 0.3) is 0 Å². The van der Waals surface area contributed by atoms with E-state index < -0.39 is 35.7 Å². The summed E-state index contributed by atoms with van der Waals surface area (Å²) in [5.41, 5.74) is 10.5. The average molecular weight is 243 g/mol. The maximum Gasteiger partial charge on any atom is 0.322 e. The smallest absolute Gasteiger partial charge is 0.322 e. The number of carboxylic acid groups (broad SMARTS) is 1. The van der Waals surface area contributed by atoms with Crippen LogP contribution in [0.1, 0.15) is 11.5 Å². The van der Waals surface area contributed by atoms with Gasteiger partial charge in [-0.2, -0.15) is 0 Å². The van der Waals surface area contributed by atoms with Crippen molar-refractivity contribution in [2.75, 3.05) is 0 Å². The zero-order valence-corrected chi connectivity index (χ0v) is 8.65. The quantitative estimate of drug-likeness (QED) is 0.582. The molecule has 1 fully saturated rings. The number of halogens is 2. The summed E-state index contributed by atoms with van der Waals surface area (Å²) in [7, 11) is 0. The highest BCUT2D eigenvalue weighted by Crippen LogP contribution is 2.28. The molecule has 3 unspecified atom stereocenters. The minimum atomic E-state index is -1.18. The molecule has 1 aliphatic heterocycles. The molecule has 1 saturated heterocycles. The molecule has 0 radical (unpaired) electrons. The van der Waals surface area contributed by atoms with E-state index in [1.807, 2.05) is 0 Å². The molecular weight excluding hydrogens is 232 g/mol. The van der Waals surface area contributed by atoms with Crippen LogP contribution >= 0.6 is 0 Å². The number of nitrogens with one attached hydrogen (secondary N) is 2. The normalized spacial score (nSPS) is 28.3. The zero-order chi connectivity index (χ0) is 12.6. The third kappa shape index (κ3) is 2.12. The van der Waals surface area contributed by atoms with Gasteiger partial charge in [-0.05, 0) is 23.8 Å². The first-order valence-corrected chi connectivity index (χ1v) is 4.95. The van der Waals surface area contributed by atoms with Gasteiger partial charge < -0.3 is 10.8 Å². The maximum absolute atomic E-state index is 13.6. The molecule has 92 valence electrons. The second-order valence-electron chi connectivity index (χ2n) is 3.82. The number of hydrazine groups is 1. The molecule has 1 aromatic rings. The summed E-state index contributed by atoms with van der Waals surface area (Å²) < 4.78 is 26.6. The largest absolute Gasteiger partial charge is 0.480 e. The third-order valence-corrected chi connectivity index (χ3v) is 2.73. The molecule has 2 rings (SSSR count). The van der Waals surface area contributed by atoms with Crippen LogP contribution in [0.15, 0.2) is 18.2 Å². The summed E-state index contributed by atoms with van der Waals surface area (Å²) >= 11 is 0. The van der Waals surface area contributed by atoms with E-state index in [4.69, 9.17) is 10.8 Å². The standard InChI is InChI=1S/C10H11F2N3O2/c11-4-1-2-6(12)5(3-4)7-8(10(16)17)14-15-9(7)13/h1-3,7-9,14-15H,13H2,(H,16,17). The van der Waals surface area contributed by atoms with Gasteiger partial charge in [0.15, 0.2) is 0 Å². The van der Waals surface area contributed by atoms with Crippen LogP contribution in [-0.4, -0.2) is 23.3 Å². The monoisotopic (exact) mass is 243 g/mol. The number of benzene rings is 1. The number of carboxylic acids is 1. The highest BCUT2D eigenvalue weighted by atomic mass is 19.1. The molecule has 17 heavy (non-hydrogen) atoms. The molecule has 0 aliphatic carbocycles. The zero-order valence-electron chi connectivity index (χ0n) is 8.65. The summed E-state index contributed by atoms with van der Waals surface area (Å²) in [4.78, 5) is 11.0. The second kappa shape index (κ2) is 4.36. The predicted molar refractivity (Wildman–Crippen MR) is 54.8 cm³/mol. The lowest BCUT2D eigenvalue weighted by molar-refractivity contribution is -0.139. The third-order valence-electron chi connectivity index (χ3n) is 2.73. The van der Waals surface area contributed by atoms with Gasteiger partial charge in [-0.25, -0.2) is 19.6 Å². The van der Waals surface area contributed by atoms with Crippen LogP contribution in [0.3, 0.4) is 0 Å². The fourth-order valence-electron chi connectivity index (χ4n) is 1.93. The molecule has 0 saturated carbocycles. The summed E-state index contributed by atoms with van der Waals surface area (Å²) in [5.74, 6) is -3.37. The average Bonchev–Trinajstić information content (AvgIpc) is 2.64. The first-order chi connectivity index (χ1) is 8.00.